The van der Waals surface area contributed by atoms with E-state index in [1.54, 1.807) is 10.8 Å². The van der Waals surface area contributed by atoms with Gasteiger partial charge >= 0.3 is 0 Å². The summed E-state index contributed by atoms with van der Waals surface area (Å²) < 4.78 is 7.39. The van der Waals surface area contributed by atoms with Gasteiger partial charge in [0.05, 0.1) is 5.69 Å². The first-order chi connectivity index (χ1) is 11.9. The van der Waals surface area contributed by atoms with Crippen molar-refractivity contribution >= 4 is 13.9 Å². The molecule has 8 heteroatoms. The first-order valence-electron chi connectivity index (χ1n) is 9.15. The first kappa shape index (κ1) is 20.1. The molecular formula is C17H32N4O3Si. The van der Waals surface area contributed by atoms with Crippen LogP contribution in [0.2, 0.25) is 25.7 Å². The number of ether oxygens (including phenoxy) is 1. The molecule has 0 aliphatic carbocycles. The molecule has 2 heterocycles. The van der Waals surface area contributed by atoms with E-state index in [0.29, 0.717) is 25.3 Å². The zero-order valence-corrected chi connectivity index (χ0v) is 16.8. The van der Waals surface area contributed by atoms with Crippen molar-refractivity contribution in [1.29, 1.82) is 0 Å². The van der Waals surface area contributed by atoms with Gasteiger partial charge in [-0.15, -0.1) is 0 Å². The summed E-state index contributed by atoms with van der Waals surface area (Å²) in [5.74, 6) is 0.505. The highest BCUT2D eigenvalue weighted by Gasteiger charge is 2.18. The number of anilines is 1. The molecule has 25 heavy (non-hydrogen) atoms. The molecule has 0 amide bonds. The van der Waals surface area contributed by atoms with Crippen LogP contribution in [0.15, 0.2) is 11.0 Å². The number of nitrogens with zero attached hydrogens (tertiary/aromatic N) is 3. The molecule has 2 rings (SSSR count). The van der Waals surface area contributed by atoms with Gasteiger partial charge in [-0.1, -0.05) is 19.6 Å². The number of rotatable bonds is 9. The third kappa shape index (κ3) is 6.54. The van der Waals surface area contributed by atoms with Gasteiger partial charge in [0.25, 0.3) is 5.56 Å². The monoisotopic (exact) mass is 368 g/mol. The van der Waals surface area contributed by atoms with Crippen molar-refractivity contribution in [1.82, 2.24) is 14.9 Å². The number of hydrogen-bond acceptors (Lipinski definition) is 6. The van der Waals surface area contributed by atoms with Crippen molar-refractivity contribution < 1.29 is 9.84 Å². The van der Waals surface area contributed by atoms with Gasteiger partial charge < -0.3 is 20.1 Å². The fraction of sp³-hybridized carbons (Fsp3) is 0.765. The standard InChI is InChI=1S/C17H32N4O3Si/c1-25(2,3)12-11-24-14-21-13-15(5-4-10-22)19-16(17(21)23)20-8-6-18-7-9-20/h13,18,22H,4-12,14H2,1-3H3. The van der Waals surface area contributed by atoms with Gasteiger partial charge in [0.1, 0.15) is 6.73 Å². The summed E-state index contributed by atoms with van der Waals surface area (Å²) in [6.45, 7) is 11.3. The third-order valence-electron chi connectivity index (χ3n) is 4.24. The number of aryl methyl sites for hydroxylation is 1. The first-order valence-corrected chi connectivity index (χ1v) is 12.9. The second kappa shape index (κ2) is 9.47. The molecular weight excluding hydrogens is 336 g/mol. The van der Waals surface area contributed by atoms with E-state index in [-0.39, 0.29) is 18.9 Å². The average molecular weight is 369 g/mol. The lowest BCUT2D eigenvalue weighted by atomic mass is 10.2. The Bertz CT molecular complexity index is 595. The Morgan fingerprint density at radius 1 is 1.32 bits per heavy atom. The van der Waals surface area contributed by atoms with E-state index in [2.05, 4.69) is 29.9 Å². The molecule has 1 aromatic heterocycles. The van der Waals surface area contributed by atoms with Crippen molar-refractivity contribution in [3.05, 3.63) is 22.2 Å². The van der Waals surface area contributed by atoms with E-state index in [1.807, 2.05) is 4.90 Å². The van der Waals surface area contributed by atoms with Crippen LogP contribution in [0.3, 0.4) is 0 Å². The maximum Gasteiger partial charge on any atom is 0.295 e. The van der Waals surface area contributed by atoms with E-state index in [0.717, 1.165) is 37.9 Å². The van der Waals surface area contributed by atoms with Gasteiger partial charge in [-0.2, -0.15) is 0 Å². The van der Waals surface area contributed by atoms with E-state index in [4.69, 9.17) is 9.84 Å². The number of piperazine rings is 1. The molecule has 1 fully saturated rings. The molecule has 0 saturated carbocycles. The second-order valence-corrected chi connectivity index (χ2v) is 13.4. The van der Waals surface area contributed by atoms with Crippen LogP contribution in [0.25, 0.3) is 0 Å². The second-order valence-electron chi connectivity index (χ2n) is 7.74. The largest absolute Gasteiger partial charge is 0.396 e. The van der Waals surface area contributed by atoms with Crippen LogP contribution in [-0.2, 0) is 17.9 Å². The molecule has 142 valence electrons. The SMILES string of the molecule is C[Si](C)(C)CCOCn1cc(CCCO)nc(N2CCNCC2)c1=O. The average Bonchev–Trinajstić information content (AvgIpc) is 2.58. The van der Waals surface area contributed by atoms with Crippen molar-refractivity contribution in [3.8, 4) is 0 Å². The Hall–Kier alpha value is -1.22. The molecule has 0 unspecified atom stereocenters. The molecule has 0 aromatic carbocycles. The third-order valence-corrected chi connectivity index (χ3v) is 5.94. The van der Waals surface area contributed by atoms with Crippen LogP contribution < -0.4 is 15.8 Å². The lowest BCUT2D eigenvalue weighted by Crippen LogP contribution is -2.46. The van der Waals surface area contributed by atoms with Crippen LogP contribution in [0.1, 0.15) is 12.1 Å². The Kier molecular flexibility index (Phi) is 7.61. The topological polar surface area (TPSA) is 79.6 Å². The van der Waals surface area contributed by atoms with Crippen molar-refractivity contribution in [2.75, 3.05) is 44.3 Å². The predicted molar refractivity (Wildman–Crippen MR) is 103 cm³/mol. The number of aliphatic hydroxyl groups excluding tert-OH is 1. The Morgan fingerprint density at radius 3 is 2.68 bits per heavy atom. The molecule has 0 spiro atoms. The lowest BCUT2D eigenvalue weighted by Gasteiger charge is -2.28. The molecule has 7 nitrogen and oxygen atoms in total. The summed E-state index contributed by atoms with van der Waals surface area (Å²) in [5, 5.41) is 12.4. The fourth-order valence-corrected chi connectivity index (χ4v) is 3.44. The van der Waals surface area contributed by atoms with Crippen molar-refractivity contribution in [2.45, 2.75) is 45.3 Å². The number of aliphatic hydroxyl groups is 1. The van der Waals surface area contributed by atoms with E-state index in [1.165, 1.54) is 0 Å². The lowest BCUT2D eigenvalue weighted by molar-refractivity contribution is 0.0844. The number of aromatic nitrogens is 2. The van der Waals surface area contributed by atoms with Gasteiger partial charge in [0.2, 0.25) is 0 Å². The fourth-order valence-electron chi connectivity index (χ4n) is 2.68. The number of hydrogen-bond donors (Lipinski definition) is 2. The van der Waals surface area contributed by atoms with Crippen LogP contribution in [-0.4, -0.2) is 62.1 Å². The van der Waals surface area contributed by atoms with Gasteiger partial charge in [-0.05, 0) is 18.9 Å². The zero-order chi connectivity index (χ0) is 18.3. The van der Waals surface area contributed by atoms with Crippen molar-refractivity contribution in [3.63, 3.8) is 0 Å². The van der Waals surface area contributed by atoms with Gasteiger partial charge in [-0.25, -0.2) is 4.98 Å². The maximum atomic E-state index is 12.8. The highest BCUT2D eigenvalue weighted by Crippen LogP contribution is 2.10. The molecule has 1 saturated heterocycles. The molecule has 2 N–H and O–H groups in total. The summed E-state index contributed by atoms with van der Waals surface area (Å²) in [6, 6.07) is 1.08. The summed E-state index contributed by atoms with van der Waals surface area (Å²) in [4.78, 5) is 19.4. The van der Waals surface area contributed by atoms with E-state index < -0.39 is 8.07 Å². The van der Waals surface area contributed by atoms with Crippen LogP contribution >= 0.6 is 0 Å². The number of nitrogens with one attached hydrogen (secondary N) is 1. The Balaban J connectivity index is 2.13. The van der Waals surface area contributed by atoms with Crippen LogP contribution in [0, 0.1) is 0 Å². The van der Waals surface area contributed by atoms with Gasteiger partial charge in [0, 0.05) is 53.7 Å². The molecule has 0 atom stereocenters. The maximum absolute atomic E-state index is 12.8. The highest BCUT2D eigenvalue weighted by molar-refractivity contribution is 6.76. The summed E-state index contributed by atoms with van der Waals surface area (Å²) >= 11 is 0. The van der Waals surface area contributed by atoms with Crippen LogP contribution in [0.4, 0.5) is 5.82 Å². The van der Waals surface area contributed by atoms with Gasteiger partial charge in [-0.3, -0.25) is 9.36 Å². The van der Waals surface area contributed by atoms with E-state index in [9.17, 15) is 4.79 Å². The predicted octanol–water partition coefficient (Wildman–Crippen LogP) is 0.890. The highest BCUT2D eigenvalue weighted by atomic mass is 28.3. The Morgan fingerprint density at radius 2 is 2.04 bits per heavy atom. The summed E-state index contributed by atoms with van der Waals surface area (Å²) in [5.41, 5.74) is 0.735. The molecule has 0 radical (unpaired) electrons. The molecule has 0 bridgehead atoms. The Labute approximate surface area is 151 Å². The molecule has 1 aliphatic heterocycles. The quantitative estimate of drug-likeness (QED) is 0.498. The normalized spacial score (nSPS) is 15.6. The molecule has 1 aliphatic rings. The van der Waals surface area contributed by atoms with Crippen LogP contribution in [0.5, 0.6) is 0 Å². The molecule has 1 aromatic rings. The minimum absolute atomic E-state index is 0.0948. The zero-order valence-electron chi connectivity index (χ0n) is 15.8. The minimum atomic E-state index is -1.14. The van der Waals surface area contributed by atoms with E-state index >= 15 is 0 Å². The smallest absolute Gasteiger partial charge is 0.295 e. The summed E-state index contributed by atoms with van der Waals surface area (Å²) in [6.07, 6.45) is 3.08. The van der Waals surface area contributed by atoms with Gasteiger partial charge in [0.15, 0.2) is 5.82 Å². The summed E-state index contributed by atoms with van der Waals surface area (Å²) in [7, 11) is -1.14. The minimum Gasteiger partial charge on any atom is -0.396 e. The van der Waals surface area contributed by atoms with Crippen molar-refractivity contribution in [2.24, 2.45) is 0 Å².